The minimum atomic E-state index is -1.00. The number of rotatable bonds is 1. The van der Waals surface area contributed by atoms with Gasteiger partial charge in [0.05, 0.1) is 12.0 Å². The van der Waals surface area contributed by atoms with E-state index in [1.165, 1.54) is 12.2 Å². The second-order valence-electron chi connectivity index (χ2n) is 3.97. The number of carbonyl (C=O) groups is 2. The third kappa shape index (κ3) is 1.61. The van der Waals surface area contributed by atoms with E-state index < -0.39 is 23.9 Å². The van der Waals surface area contributed by atoms with Crippen LogP contribution >= 0.6 is 0 Å². The fraction of sp³-hybridized carbons (Fsp3) is 0.455. The van der Waals surface area contributed by atoms with E-state index in [1.54, 1.807) is 12.2 Å². The minimum absolute atomic E-state index is 0.193. The number of ketones is 1. The first kappa shape index (κ1) is 10.1. The van der Waals surface area contributed by atoms with Crippen LogP contribution in [0.25, 0.3) is 0 Å². The van der Waals surface area contributed by atoms with Crippen molar-refractivity contribution in [1.82, 2.24) is 0 Å². The molecule has 15 heavy (non-hydrogen) atoms. The fourth-order valence-corrected chi connectivity index (χ4v) is 2.34. The molecule has 0 amide bonds. The van der Waals surface area contributed by atoms with Crippen molar-refractivity contribution >= 4 is 11.8 Å². The van der Waals surface area contributed by atoms with Gasteiger partial charge in [0.25, 0.3) is 0 Å². The molecule has 0 spiro atoms. The van der Waals surface area contributed by atoms with Gasteiger partial charge in [0, 0.05) is 11.8 Å². The third-order valence-electron chi connectivity index (χ3n) is 3.11. The summed E-state index contributed by atoms with van der Waals surface area (Å²) in [5, 5.41) is 18.6. The largest absolute Gasteiger partial charge is 0.481 e. The maximum absolute atomic E-state index is 11.6. The third-order valence-corrected chi connectivity index (χ3v) is 3.11. The quantitative estimate of drug-likeness (QED) is 0.611. The lowest BCUT2D eigenvalue weighted by Gasteiger charge is -2.35. The summed E-state index contributed by atoms with van der Waals surface area (Å²) in [5.41, 5.74) is 0. The van der Waals surface area contributed by atoms with Crippen molar-refractivity contribution in [2.24, 2.45) is 17.8 Å². The van der Waals surface area contributed by atoms with Gasteiger partial charge in [-0.15, -0.1) is 0 Å². The maximum atomic E-state index is 11.6. The van der Waals surface area contributed by atoms with Gasteiger partial charge in [-0.3, -0.25) is 9.59 Å². The normalized spacial score (nSPS) is 38.9. The van der Waals surface area contributed by atoms with Gasteiger partial charge in [0.1, 0.15) is 0 Å². The number of carboxylic acids is 1. The molecule has 0 fully saturated rings. The maximum Gasteiger partial charge on any atom is 0.311 e. The number of hydrogen-bond acceptors (Lipinski definition) is 3. The number of carbonyl (C=O) groups excluding carboxylic acids is 1. The molecular formula is C11H12O4. The lowest BCUT2D eigenvalue weighted by atomic mass is 9.69. The van der Waals surface area contributed by atoms with Crippen molar-refractivity contribution in [1.29, 1.82) is 0 Å². The van der Waals surface area contributed by atoms with E-state index in [4.69, 9.17) is 5.11 Å². The van der Waals surface area contributed by atoms with Crippen LogP contribution in [0.3, 0.4) is 0 Å². The van der Waals surface area contributed by atoms with Gasteiger partial charge in [0.2, 0.25) is 0 Å². The number of carboxylic acid groups (broad SMARTS) is 1. The van der Waals surface area contributed by atoms with Crippen molar-refractivity contribution in [2.45, 2.75) is 12.5 Å². The predicted octanol–water partition coefficient (Wildman–Crippen LogP) is 0.379. The molecule has 2 N–H and O–H groups in total. The molecule has 0 heterocycles. The standard InChI is InChI=1S/C11H12O4/c12-8-4-5-9(13)10-6(8)2-1-3-7(10)11(14)15/h1,3-8,10,12H,2H2,(H,14,15)/t6-,7-,8-,10-/m1/s1. The predicted molar refractivity (Wildman–Crippen MR) is 52.0 cm³/mol. The highest BCUT2D eigenvalue weighted by Crippen LogP contribution is 2.36. The number of aliphatic carboxylic acids is 1. The molecule has 0 aromatic carbocycles. The zero-order valence-corrected chi connectivity index (χ0v) is 8.04. The second kappa shape index (κ2) is 3.62. The summed E-state index contributed by atoms with van der Waals surface area (Å²) in [7, 11) is 0. The molecule has 0 aromatic heterocycles. The monoisotopic (exact) mass is 208 g/mol. The van der Waals surface area contributed by atoms with Gasteiger partial charge >= 0.3 is 5.97 Å². The SMILES string of the molecule is O=C1C=C[C@@H](O)[C@H]2CC=C[C@@H](C(=O)O)[C@H]12. The average molecular weight is 208 g/mol. The molecule has 0 saturated heterocycles. The van der Waals surface area contributed by atoms with Crippen LogP contribution in [0.1, 0.15) is 6.42 Å². The first-order valence-electron chi connectivity index (χ1n) is 4.91. The molecule has 4 heteroatoms. The van der Waals surface area contributed by atoms with Crippen LogP contribution in [0.2, 0.25) is 0 Å². The lowest BCUT2D eigenvalue weighted by Crippen LogP contribution is -2.42. The zero-order valence-electron chi connectivity index (χ0n) is 8.04. The smallest absolute Gasteiger partial charge is 0.311 e. The van der Waals surface area contributed by atoms with Gasteiger partial charge in [-0.2, -0.15) is 0 Å². The summed E-state index contributed by atoms with van der Waals surface area (Å²) < 4.78 is 0. The average Bonchev–Trinajstić information content (AvgIpc) is 2.23. The Balaban J connectivity index is 2.36. The Morgan fingerprint density at radius 1 is 1.40 bits per heavy atom. The second-order valence-corrected chi connectivity index (χ2v) is 3.97. The topological polar surface area (TPSA) is 74.6 Å². The number of fused-ring (bicyclic) bond motifs is 1. The Kier molecular flexibility index (Phi) is 2.44. The van der Waals surface area contributed by atoms with E-state index in [0.717, 1.165) is 0 Å². The molecule has 2 rings (SSSR count). The van der Waals surface area contributed by atoms with Crippen LogP contribution < -0.4 is 0 Å². The Morgan fingerprint density at radius 2 is 2.13 bits per heavy atom. The number of allylic oxidation sites excluding steroid dienone is 2. The molecule has 0 aliphatic heterocycles. The molecular weight excluding hydrogens is 196 g/mol. The highest BCUT2D eigenvalue weighted by molar-refractivity contribution is 5.96. The number of aliphatic hydroxyl groups excluding tert-OH is 1. The minimum Gasteiger partial charge on any atom is -0.481 e. The molecule has 4 nitrogen and oxygen atoms in total. The zero-order chi connectivity index (χ0) is 11.0. The molecule has 0 saturated carbocycles. The molecule has 4 atom stereocenters. The van der Waals surface area contributed by atoms with Crippen molar-refractivity contribution in [2.75, 3.05) is 0 Å². The van der Waals surface area contributed by atoms with Gasteiger partial charge in [-0.25, -0.2) is 0 Å². The summed E-state index contributed by atoms with van der Waals surface area (Å²) >= 11 is 0. The van der Waals surface area contributed by atoms with E-state index in [-0.39, 0.29) is 11.7 Å². The van der Waals surface area contributed by atoms with Crippen molar-refractivity contribution in [3.8, 4) is 0 Å². The van der Waals surface area contributed by atoms with Gasteiger partial charge in [-0.1, -0.05) is 18.2 Å². The van der Waals surface area contributed by atoms with E-state index in [0.29, 0.717) is 6.42 Å². The van der Waals surface area contributed by atoms with Gasteiger partial charge in [-0.05, 0) is 12.5 Å². The van der Waals surface area contributed by atoms with Crippen molar-refractivity contribution in [3.63, 3.8) is 0 Å². The van der Waals surface area contributed by atoms with Crippen molar-refractivity contribution in [3.05, 3.63) is 24.3 Å². The summed E-state index contributed by atoms with van der Waals surface area (Å²) in [6.07, 6.45) is 5.87. The molecule has 0 radical (unpaired) electrons. The Hall–Kier alpha value is -1.42. The molecule has 0 unspecified atom stereocenters. The van der Waals surface area contributed by atoms with Crippen LogP contribution in [0, 0.1) is 17.8 Å². The van der Waals surface area contributed by atoms with Crippen LogP contribution in [0.4, 0.5) is 0 Å². The molecule has 2 aliphatic carbocycles. The summed E-state index contributed by atoms with van der Waals surface area (Å²) in [6.45, 7) is 0. The number of hydrogen-bond donors (Lipinski definition) is 2. The van der Waals surface area contributed by atoms with Crippen molar-refractivity contribution < 1.29 is 19.8 Å². The Labute approximate surface area is 86.9 Å². The van der Waals surface area contributed by atoms with E-state index in [2.05, 4.69) is 0 Å². The molecule has 0 aromatic rings. The van der Waals surface area contributed by atoms with Crippen LogP contribution in [-0.4, -0.2) is 28.1 Å². The lowest BCUT2D eigenvalue weighted by molar-refractivity contribution is -0.146. The Morgan fingerprint density at radius 3 is 2.80 bits per heavy atom. The first-order chi connectivity index (χ1) is 7.11. The van der Waals surface area contributed by atoms with Gasteiger partial charge in [0.15, 0.2) is 5.78 Å². The van der Waals surface area contributed by atoms with E-state index in [9.17, 15) is 14.7 Å². The Bertz CT molecular complexity index is 356. The highest BCUT2D eigenvalue weighted by Gasteiger charge is 2.43. The van der Waals surface area contributed by atoms with Crippen LogP contribution in [-0.2, 0) is 9.59 Å². The molecule has 2 aliphatic rings. The summed E-state index contributed by atoms with van der Waals surface area (Å²) in [5.74, 6) is -2.88. The number of aliphatic hydroxyl groups is 1. The fourth-order valence-electron chi connectivity index (χ4n) is 2.34. The molecule has 0 bridgehead atoms. The first-order valence-corrected chi connectivity index (χ1v) is 4.91. The van der Waals surface area contributed by atoms with E-state index in [1.807, 2.05) is 0 Å². The van der Waals surface area contributed by atoms with Crippen LogP contribution in [0.15, 0.2) is 24.3 Å². The summed E-state index contributed by atoms with van der Waals surface area (Å²) in [6, 6.07) is 0. The van der Waals surface area contributed by atoms with Crippen LogP contribution in [0.5, 0.6) is 0 Å². The molecule has 80 valence electrons. The summed E-state index contributed by atoms with van der Waals surface area (Å²) in [4.78, 5) is 22.5. The van der Waals surface area contributed by atoms with E-state index >= 15 is 0 Å². The highest BCUT2D eigenvalue weighted by atomic mass is 16.4. The van der Waals surface area contributed by atoms with Gasteiger partial charge < -0.3 is 10.2 Å².